The number of ketones is 2. The molecule has 0 bridgehead atoms. The van der Waals surface area contributed by atoms with Gasteiger partial charge in [0.1, 0.15) is 0 Å². The lowest BCUT2D eigenvalue weighted by molar-refractivity contribution is 0.0988. The Bertz CT molecular complexity index is 703. The summed E-state index contributed by atoms with van der Waals surface area (Å²) in [6, 6.07) is 0. The fraction of sp³-hybridized carbons (Fsp3) is 0.385. The monoisotopic (exact) mass is 307 g/mol. The molecule has 2 rings (SSSR count). The third-order valence-electron chi connectivity index (χ3n) is 3.17. The zero-order valence-corrected chi connectivity index (χ0v) is 13.1. The van der Waals surface area contributed by atoms with Crippen LogP contribution in [0.4, 0.5) is 5.95 Å². The zero-order chi connectivity index (χ0) is 15.7. The number of H-pyrrole nitrogens is 2. The van der Waals surface area contributed by atoms with Crippen LogP contribution in [0.25, 0.3) is 0 Å². The molecule has 112 valence electrons. The number of nitrogens with two attached hydrogens (primary N) is 1. The van der Waals surface area contributed by atoms with E-state index in [1.165, 1.54) is 18.7 Å². The average molecular weight is 307 g/mol. The summed E-state index contributed by atoms with van der Waals surface area (Å²) in [4.78, 5) is 31.1. The SMILES string of the molecule is CC(=O)c1c(C)[nH]c(C(=O)[C@@H](C)Sc2n[nH]c(N)n2)c1C. The third-order valence-corrected chi connectivity index (χ3v) is 4.13. The number of nitrogens with one attached hydrogen (secondary N) is 2. The summed E-state index contributed by atoms with van der Waals surface area (Å²) in [6.07, 6.45) is 0. The Kier molecular flexibility index (Phi) is 4.17. The number of carbonyl (C=O) groups excluding carboxylic acids is 2. The highest BCUT2D eigenvalue weighted by Gasteiger charge is 2.25. The van der Waals surface area contributed by atoms with Gasteiger partial charge in [0.2, 0.25) is 11.1 Å². The first-order valence-corrected chi connectivity index (χ1v) is 7.28. The predicted octanol–water partition coefficient (Wildman–Crippen LogP) is 1.90. The normalized spacial score (nSPS) is 12.4. The second-order valence-electron chi connectivity index (χ2n) is 4.81. The molecule has 1 atom stereocenters. The van der Waals surface area contributed by atoms with Gasteiger partial charge in [0, 0.05) is 11.3 Å². The van der Waals surface area contributed by atoms with Crippen molar-refractivity contribution in [3.63, 3.8) is 0 Å². The van der Waals surface area contributed by atoms with Crippen LogP contribution in [0.1, 0.15) is 46.0 Å². The van der Waals surface area contributed by atoms with Crippen LogP contribution in [0.3, 0.4) is 0 Å². The molecule has 0 aliphatic carbocycles. The van der Waals surface area contributed by atoms with E-state index >= 15 is 0 Å². The maximum Gasteiger partial charge on any atom is 0.216 e. The van der Waals surface area contributed by atoms with Crippen molar-refractivity contribution in [3.8, 4) is 0 Å². The minimum Gasteiger partial charge on any atom is -0.368 e. The van der Waals surface area contributed by atoms with Gasteiger partial charge in [-0.2, -0.15) is 4.98 Å². The molecular formula is C13H17N5O2S. The maximum atomic E-state index is 12.5. The highest BCUT2D eigenvalue weighted by molar-refractivity contribution is 8.00. The Morgan fingerprint density at radius 2 is 2.00 bits per heavy atom. The largest absolute Gasteiger partial charge is 0.368 e. The van der Waals surface area contributed by atoms with E-state index in [4.69, 9.17) is 5.73 Å². The van der Waals surface area contributed by atoms with Crippen molar-refractivity contribution in [1.29, 1.82) is 0 Å². The van der Waals surface area contributed by atoms with Gasteiger partial charge in [-0.1, -0.05) is 11.8 Å². The second kappa shape index (κ2) is 5.72. The second-order valence-corrected chi connectivity index (χ2v) is 6.12. The van der Waals surface area contributed by atoms with Crippen molar-refractivity contribution in [2.24, 2.45) is 0 Å². The Morgan fingerprint density at radius 1 is 1.33 bits per heavy atom. The van der Waals surface area contributed by atoms with Gasteiger partial charge < -0.3 is 10.7 Å². The van der Waals surface area contributed by atoms with Gasteiger partial charge in [0.15, 0.2) is 11.6 Å². The predicted molar refractivity (Wildman–Crippen MR) is 80.7 cm³/mol. The number of aromatic amines is 2. The number of aryl methyl sites for hydroxylation is 1. The highest BCUT2D eigenvalue weighted by atomic mass is 32.2. The quantitative estimate of drug-likeness (QED) is 0.573. The number of nitrogens with zero attached hydrogens (tertiary/aromatic N) is 2. The zero-order valence-electron chi connectivity index (χ0n) is 12.3. The standard InChI is InChI=1S/C13H17N5O2S/c1-5-9(7(3)19)6(2)15-10(5)11(20)8(4)21-13-16-12(14)17-18-13/h8,15H,1-4H3,(H3,14,16,17,18)/t8-/m1/s1. The van der Waals surface area contributed by atoms with Crippen LogP contribution in [0.15, 0.2) is 5.16 Å². The summed E-state index contributed by atoms with van der Waals surface area (Å²) < 4.78 is 0. The van der Waals surface area contributed by atoms with Crippen LogP contribution in [-0.2, 0) is 0 Å². The lowest BCUT2D eigenvalue weighted by atomic mass is 10.0. The molecule has 0 saturated carbocycles. The Morgan fingerprint density at radius 3 is 2.48 bits per heavy atom. The number of nitrogen functional groups attached to an aromatic ring is 1. The molecule has 0 aromatic carbocycles. The van der Waals surface area contributed by atoms with Crippen molar-refractivity contribution in [1.82, 2.24) is 20.2 Å². The van der Waals surface area contributed by atoms with Crippen LogP contribution in [0, 0.1) is 13.8 Å². The van der Waals surface area contributed by atoms with E-state index in [-0.39, 0.29) is 17.5 Å². The van der Waals surface area contributed by atoms with Gasteiger partial charge in [-0.25, -0.2) is 5.10 Å². The first-order chi connectivity index (χ1) is 9.81. The molecule has 0 saturated heterocycles. The first-order valence-electron chi connectivity index (χ1n) is 6.40. The Labute approximate surface area is 126 Å². The molecule has 0 aliphatic heterocycles. The summed E-state index contributed by atoms with van der Waals surface area (Å²) in [7, 11) is 0. The number of hydrogen-bond donors (Lipinski definition) is 3. The molecule has 8 heteroatoms. The molecule has 0 spiro atoms. The molecule has 0 unspecified atom stereocenters. The number of Topliss-reactive ketones (excluding diaryl/α,β-unsaturated/α-hetero) is 2. The fourth-order valence-corrected chi connectivity index (χ4v) is 3.04. The van der Waals surface area contributed by atoms with E-state index in [0.717, 1.165) is 0 Å². The molecule has 2 aromatic rings. The number of rotatable bonds is 5. The number of thioether (sulfide) groups is 1. The van der Waals surface area contributed by atoms with Crippen molar-refractivity contribution in [2.45, 2.75) is 38.1 Å². The van der Waals surface area contributed by atoms with Gasteiger partial charge >= 0.3 is 0 Å². The van der Waals surface area contributed by atoms with Gasteiger partial charge in [-0.3, -0.25) is 9.59 Å². The number of anilines is 1. The van der Waals surface area contributed by atoms with Crippen molar-refractivity contribution in [2.75, 3.05) is 5.73 Å². The summed E-state index contributed by atoms with van der Waals surface area (Å²) in [5, 5.41) is 6.44. The third kappa shape index (κ3) is 2.99. The molecule has 2 aromatic heterocycles. The van der Waals surface area contributed by atoms with Crippen LogP contribution in [-0.4, -0.2) is 37.0 Å². The maximum absolute atomic E-state index is 12.5. The van der Waals surface area contributed by atoms with E-state index in [0.29, 0.717) is 27.7 Å². The Hall–Kier alpha value is -2.09. The molecule has 7 nitrogen and oxygen atoms in total. The van der Waals surface area contributed by atoms with E-state index in [9.17, 15) is 9.59 Å². The molecule has 2 heterocycles. The van der Waals surface area contributed by atoms with Gasteiger partial charge in [-0.05, 0) is 33.3 Å². The summed E-state index contributed by atoms with van der Waals surface area (Å²) >= 11 is 1.21. The summed E-state index contributed by atoms with van der Waals surface area (Å²) in [5.41, 5.74) is 7.89. The smallest absolute Gasteiger partial charge is 0.216 e. The van der Waals surface area contributed by atoms with Crippen LogP contribution in [0.5, 0.6) is 0 Å². The van der Waals surface area contributed by atoms with Crippen LogP contribution in [0.2, 0.25) is 0 Å². The molecule has 21 heavy (non-hydrogen) atoms. The molecule has 0 amide bonds. The van der Waals surface area contributed by atoms with Crippen molar-refractivity contribution in [3.05, 3.63) is 22.5 Å². The minimum atomic E-state index is -0.392. The van der Waals surface area contributed by atoms with E-state index in [1.807, 2.05) is 0 Å². The fourth-order valence-electron chi connectivity index (χ4n) is 2.25. The van der Waals surface area contributed by atoms with Gasteiger partial charge in [0.05, 0.1) is 10.9 Å². The lowest BCUT2D eigenvalue weighted by Crippen LogP contribution is -2.15. The van der Waals surface area contributed by atoms with Crippen LogP contribution >= 0.6 is 11.8 Å². The number of aromatic nitrogens is 4. The van der Waals surface area contributed by atoms with E-state index < -0.39 is 5.25 Å². The molecular weight excluding hydrogens is 290 g/mol. The molecule has 4 N–H and O–H groups in total. The van der Waals surface area contributed by atoms with Crippen LogP contribution < -0.4 is 5.73 Å². The van der Waals surface area contributed by atoms with Gasteiger partial charge in [0.25, 0.3) is 0 Å². The van der Waals surface area contributed by atoms with E-state index in [1.54, 1.807) is 20.8 Å². The van der Waals surface area contributed by atoms with Crippen molar-refractivity contribution >= 4 is 29.3 Å². The molecule has 0 radical (unpaired) electrons. The minimum absolute atomic E-state index is 0.0534. The molecule has 0 aliphatic rings. The number of hydrogen-bond acceptors (Lipinski definition) is 6. The van der Waals surface area contributed by atoms with Gasteiger partial charge in [-0.15, -0.1) is 5.10 Å². The van der Waals surface area contributed by atoms with Crippen molar-refractivity contribution < 1.29 is 9.59 Å². The molecule has 0 fully saturated rings. The highest BCUT2D eigenvalue weighted by Crippen LogP contribution is 2.26. The summed E-state index contributed by atoms with van der Waals surface area (Å²) in [6.45, 7) is 6.82. The average Bonchev–Trinajstić information content (AvgIpc) is 2.92. The summed E-state index contributed by atoms with van der Waals surface area (Å²) in [5.74, 6) is 0.0572. The first kappa shape index (κ1) is 15.3. The lowest BCUT2D eigenvalue weighted by Gasteiger charge is -2.07. The number of carbonyl (C=O) groups is 2. The topological polar surface area (TPSA) is 118 Å². The Balaban J connectivity index is 2.23. The van der Waals surface area contributed by atoms with E-state index in [2.05, 4.69) is 20.2 Å².